The summed E-state index contributed by atoms with van der Waals surface area (Å²) in [5.74, 6) is 0.0542. The van der Waals surface area contributed by atoms with E-state index in [1.807, 2.05) is 0 Å². The molecule has 1 fully saturated rings. The van der Waals surface area contributed by atoms with Crippen LogP contribution < -0.4 is 10.6 Å². The standard InChI is InChI=1S/C9H12N4O/c10-7-1-2-13(9(14)3-7)8-4-11-6-12-5-8/h4-7H,1-3,10H2. The SMILES string of the molecule is NC1CCN(c2cncnc2)C(=O)C1. The minimum Gasteiger partial charge on any atom is -0.327 e. The summed E-state index contributed by atoms with van der Waals surface area (Å²) in [6, 6.07) is 0.00313. The fourth-order valence-electron chi connectivity index (χ4n) is 1.56. The average molecular weight is 192 g/mol. The summed E-state index contributed by atoms with van der Waals surface area (Å²) in [6.45, 7) is 0.660. The highest BCUT2D eigenvalue weighted by Gasteiger charge is 2.24. The molecule has 2 N–H and O–H groups in total. The van der Waals surface area contributed by atoms with Crippen LogP contribution >= 0.6 is 0 Å². The minimum atomic E-state index is 0.00313. The van der Waals surface area contributed by atoms with Gasteiger partial charge in [-0.15, -0.1) is 0 Å². The van der Waals surface area contributed by atoms with Gasteiger partial charge in [0.1, 0.15) is 6.33 Å². The van der Waals surface area contributed by atoms with Crippen LogP contribution in [0.25, 0.3) is 0 Å². The average Bonchev–Trinajstić information content (AvgIpc) is 2.19. The number of nitrogens with two attached hydrogens (primary N) is 1. The van der Waals surface area contributed by atoms with Crippen LogP contribution in [0.5, 0.6) is 0 Å². The van der Waals surface area contributed by atoms with Crippen LogP contribution in [-0.2, 0) is 4.79 Å². The molecule has 1 unspecified atom stereocenters. The van der Waals surface area contributed by atoms with Gasteiger partial charge in [-0.05, 0) is 6.42 Å². The molecule has 0 saturated carbocycles. The molecule has 14 heavy (non-hydrogen) atoms. The predicted molar refractivity (Wildman–Crippen MR) is 51.6 cm³/mol. The third-order valence-corrected chi connectivity index (χ3v) is 2.32. The Morgan fingerprint density at radius 3 is 2.79 bits per heavy atom. The second-order valence-electron chi connectivity index (χ2n) is 3.39. The van der Waals surface area contributed by atoms with E-state index in [0.717, 1.165) is 12.1 Å². The van der Waals surface area contributed by atoms with Crippen molar-refractivity contribution in [2.75, 3.05) is 11.4 Å². The number of amides is 1. The van der Waals surface area contributed by atoms with Crippen molar-refractivity contribution in [2.45, 2.75) is 18.9 Å². The van der Waals surface area contributed by atoms with E-state index in [-0.39, 0.29) is 11.9 Å². The molecule has 0 bridgehead atoms. The Morgan fingerprint density at radius 1 is 1.43 bits per heavy atom. The molecule has 2 rings (SSSR count). The number of hydrogen-bond donors (Lipinski definition) is 1. The smallest absolute Gasteiger partial charge is 0.228 e. The Bertz CT molecular complexity index is 327. The first-order chi connectivity index (χ1) is 6.77. The van der Waals surface area contributed by atoms with E-state index < -0.39 is 0 Å². The summed E-state index contributed by atoms with van der Waals surface area (Å²) in [7, 11) is 0. The quantitative estimate of drug-likeness (QED) is 0.676. The molecular formula is C9H12N4O. The van der Waals surface area contributed by atoms with Gasteiger partial charge in [-0.25, -0.2) is 9.97 Å². The fourth-order valence-corrected chi connectivity index (χ4v) is 1.56. The van der Waals surface area contributed by atoms with Crippen LogP contribution in [0, 0.1) is 0 Å². The molecule has 0 spiro atoms. The molecule has 1 aliphatic rings. The van der Waals surface area contributed by atoms with Crippen molar-refractivity contribution in [1.29, 1.82) is 0 Å². The van der Waals surface area contributed by atoms with Gasteiger partial charge in [-0.2, -0.15) is 0 Å². The van der Waals surface area contributed by atoms with Gasteiger partial charge in [0.05, 0.1) is 18.1 Å². The third kappa shape index (κ3) is 1.72. The van der Waals surface area contributed by atoms with Crippen LogP contribution in [0.4, 0.5) is 5.69 Å². The zero-order valence-corrected chi connectivity index (χ0v) is 7.76. The number of rotatable bonds is 1. The first-order valence-corrected chi connectivity index (χ1v) is 4.58. The van der Waals surface area contributed by atoms with Gasteiger partial charge >= 0.3 is 0 Å². The molecule has 1 aromatic heterocycles. The highest BCUT2D eigenvalue weighted by atomic mass is 16.2. The van der Waals surface area contributed by atoms with Gasteiger partial charge in [0.2, 0.25) is 5.91 Å². The Labute approximate surface area is 82.0 Å². The highest BCUT2D eigenvalue weighted by molar-refractivity contribution is 5.94. The molecule has 5 nitrogen and oxygen atoms in total. The van der Waals surface area contributed by atoms with Gasteiger partial charge in [0.25, 0.3) is 0 Å². The van der Waals surface area contributed by atoms with Gasteiger partial charge in [-0.3, -0.25) is 4.79 Å². The van der Waals surface area contributed by atoms with Gasteiger partial charge in [-0.1, -0.05) is 0 Å². The Morgan fingerprint density at radius 2 is 2.14 bits per heavy atom. The molecule has 0 radical (unpaired) electrons. The largest absolute Gasteiger partial charge is 0.327 e. The molecule has 1 aromatic rings. The molecule has 5 heteroatoms. The third-order valence-electron chi connectivity index (χ3n) is 2.32. The summed E-state index contributed by atoms with van der Waals surface area (Å²) in [5.41, 5.74) is 6.44. The summed E-state index contributed by atoms with van der Waals surface area (Å²) < 4.78 is 0. The maximum Gasteiger partial charge on any atom is 0.228 e. The first-order valence-electron chi connectivity index (χ1n) is 4.58. The molecule has 0 aromatic carbocycles. The van der Waals surface area contributed by atoms with E-state index in [2.05, 4.69) is 9.97 Å². The molecule has 1 saturated heterocycles. The molecule has 1 aliphatic heterocycles. The zero-order chi connectivity index (χ0) is 9.97. The van der Waals surface area contributed by atoms with E-state index in [1.165, 1.54) is 6.33 Å². The normalized spacial score (nSPS) is 22.5. The van der Waals surface area contributed by atoms with Crippen molar-refractivity contribution in [3.05, 3.63) is 18.7 Å². The van der Waals surface area contributed by atoms with Crippen LogP contribution in [-0.4, -0.2) is 28.5 Å². The second kappa shape index (κ2) is 3.71. The number of carbonyl (C=O) groups is 1. The van der Waals surface area contributed by atoms with E-state index in [9.17, 15) is 4.79 Å². The Kier molecular flexibility index (Phi) is 2.41. The Hall–Kier alpha value is -1.49. The topological polar surface area (TPSA) is 72.1 Å². The number of hydrogen-bond acceptors (Lipinski definition) is 4. The van der Waals surface area contributed by atoms with Crippen LogP contribution in [0.1, 0.15) is 12.8 Å². The van der Waals surface area contributed by atoms with E-state index in [4.69, 9.17) is 5.73 Å². The summed E-state index contributed by atoms with van der Waals surface area (Å²) in [5, 5.41) is 0. The number of anilines is 1. The van der Waals surface area contributed by atoms with Crippen molar-refractivity contribution in [1.82, 2.24) is 9.97 Å². The van der Waals surface area contributed by atoms with Crippen molar-refractivity contribution in [3.63, 3.8) is 0 Å². The van der Waals surface area contributed by atoms with Crippen LogP contribution in [0.2, 0.25) is 0 Å². The number of piperidine rings is 1. The van der Waals surface area contributed by atoms with Gasteiger partial charge in [0.15, 0.2) is 0 Å². The molecular weight excluding hydrogens is 180 g/mol. The zero-order valence-electron chi connectivity index (χ0n) is 7.76. The van der Waals surface area contributed by atoms with E-state index in [1.54, 1.807) is 17.3 Å². The maximum absolute atomic E-state index is 11.6. The highest BCUT2D eigenvalue weighted by Crippen LogP contribution is 2.17. The fraction of sp³-hybridized carbons (Fsp3) is 0.444. The van der Waals surface area contributed by atoms with Crippen molar-refractivity contribution >= 4 is 11.6 Å². The lowest BCUT2D eigenvalue weighted by Gasteiger charge is -2.29. The Balaban J connectivity index is 2.16. The van der Waals surface area contributed by atoms with Crippen LogP contribution in [0.3, 0.4) is 0 Å². The second-order valence-corrected chi connectivity index (χ2v) is 3.39. The summed E-state index contributed by atoms with van der Waals surface area (Å²) in [4.78, 5) is 21.0. The van der Waals surface area contributed by atoms with E-state index in [0.29, 0.717) is 13.0 Å². The number of carbonyl (C=O) groups excluding carboxylic acids is 1. The van der Waals surface area contributed by atoms with Crippen molar-refractivity contribution < 1.29 is 4.79 Å². The molecule has 1 atom stereocenters. The van der Waals surface area contributed by atoms with Crippen LogP contribution in [0.15, 0.2) is 18.7 Å². The predicted octanol–water partition coefficient (Wildman–Crippen LogP) is -0.0693. The lowest BCUT2D eigenvalue weighted by atomic mass is 10.1. The monoisotopic (exact) mass is 192 g/mol. The first kappa shape index (κ1) is 9.08. The molecule has 1 amide bonds. The van der Waals surface area contributed by atoms with Crippen molar-refractivity contribution in [2.24, 2.45) is 5.73 Å². The van der Waals surface area contributed by atoms with E-state index >= 15 is 0 Å². The summed E-state index contributed by atoms with van der Waals surface area (Å²) in [6.07, 6.45) is 5.97. The minimum absolute atomic E-state index is 0.00313. The summed E-state index contributed by atoms with van der Waals surface area (Å²) >= 11 is 0. The number of aromatic nitrogens is 2. The lowest BCUT2D eigenvalue weighted by Crippen LogP contribution is -2.44. The molecule has 2 heterocycles. The molecule has 74 valence electrons. The lowest BCUT2D eigenvalue weighted by molar-refractivity contribution is -0.119. The van der Waals surface area contributed by atoms with Gasteiger partial charge in [0, 0.05) is 19.0 Å². The van der Waals surface area contributed by atoms with Crippen molar-refractivity contribution in [3.8, 4) is 0 Å². The maximum atomic E-state index is 11.6. The number of nitrogens with zero attached hydrogens (tertiary/aromatic N) is 3. The van der Waals surface area contributed by atoms with Gasteiger partial charge < -0.3 is 10.6 Å². The molecule has 0 aliphatic carbocycles.